The fraction of sp³-hybridized carbons (Fsp3) is 0.273. The summed E-state index contributed by atoms with van der Waals surface area (Å²) >= 11 is 1.04. The van der Waals surface area contributed by atoms with E-state index in [0.29, 0.717) is 5.16 Å². The lowest BCUT2D eigenvalue weighted by molar-refractivity contribution is -0.115. The van der Waals surface area contributed by atoms with Gasteiger partial charge in [-0.2, -0.15) is 0 Å². The fourth-order valence-corrected chi connectivity index (χ4v) is 2.14. The van der Waals surface area contributed by atoms with Crippen molar-refractivity contribution in [3.05, 3.63) is 29.6 Å². The minimum absolute atomic E-state index is 0.392. The van der Waals surface area contributed by atoms with Gasteiger partial charge in [0.15, 0.2) is 17.5 Å². The zero-order valence-corrected chi connectivity index (χ0v) is 11.8. The van der Waals surface area contributed by atoms with Crippen molar-refractivity contribution >= 4 is 23.4 Å². The largest absolute Gasteiger partial charge is 0.323 e. The van der Waals surface area contributed by atoms with Gasteiger partial charge in [-0.05, 0) is 29.5 Å². The summed E-state index contributed by atoms with van der Waals surface area (Å²) in [4.78, 5) is 11.9. The summed E-state index contributed by atoms with van der Waals surface area (Å²) < 4.78 is 40.7. The summed E-state index contributed by atoms with van der Waals surface area (Å²) in [5, 5.41) is 12.6. The van der Waals surface area contributed by atoms with E-state index in [1.807, 2.05) is 0 Å². The van der Waals surface area contributed by atoms with Crippen molar-refractivity contribution in [3.8, 4) is 0 Å². The van der Waals surface area contributed by atoms with Gasteiger partial charge in [0.1, 0.15) is 0 Å². The summed E-state index contributed by atoms with van der Waals surface area (Å²) in [6.45, 7) is 1.55. The van der Waals surface area contributed by atoms with E-state index in [0.717, 1.165) is 23.9 Å². The topological polar surface area (TPSA) is 72.7 Å². The molecular weight excluding hydrogens is 307 g/mol. The number of thioether (sulfide) groups is 1. The number of hydrogen-bond acceptors (Lipinski definition) is 5. The van der Waals surface area contributed by atoms with Crippen molar-refractivity contribution in [2.75, 3.05) is 5.32 Å². The Balaban J connectivity index is 2.08. The molecule has 6 nitrogen and oxygen atoms in total. The lowest BCUT2D eigenvalue weighted by Gasteiger charge is -2.11. The third-order valence-electron chi connectivity index (χ3n) is 2.53. The molecule has 0 fully saturated rings. The predicted octanol–water partition coefficient (Wildman–Crippen LogP) is 1.75. The minimum atomic E-state index is -1.63. The van der Waals surface area contributed by atoms with Crippen molar-refractivity contribution < 1.29 is 18.0 Å². The van der Waals surface area contributed by atoms with Crippen molar-refractivity contribution in [1.29, 1.82) is 0 Å². The standard InChI is InChI=1S/C11H10F3N5OS/c1-5(21-11-16-17-18-19(11)2)10(20)15-7-4-3-6(12)8(13)9(7)14/h3-5H,1-2H3,(H,15,20)/t5-/m1/s1. The van der Waals surface area contributed by atoms with Crippen LogP contribution in [0.1, 0.15) is 6.92 Å². The highest BCUT2D eigenvalue weighted by atomic mass is 32.2. The predicted molar refractivity (Wildman–Crippen MR) is 69.1 cm³/mol. The van der Waals surface area contributed by atoms with Gasteiger partial charge in [-0.3, -0.25) is 4.79 Å². The smallest absolute Gasteiger partial charge is 0.237 e. The molecule has 0 radical (unpaired) electrons. The molecule has 112 valence electrons. The Morgan fingerprint density at radius 1 is 1.33 bits per heavy atom. The van der Waals surface area contributed by atoms with Crippen LogP contribution in [0.15, 0.2) is 17.3 Å². The number of rotatable bonds is 4. The third kappa shape index (κ3) is 3.32. The Labute approximate surface area is 121 Å². The number of benzene rings is 1. The molecule has 0 unspecified atom stereocenters. The summed E-state index contributed by atoms with van der Waals surface area (Å²) in [5.41, 5.74) is -0.428. The second-order valence-corrected chi connectivity index (χ2v) is 5.37. The van der Waals surface area contributed by atoms with Crippen LogP contribution in [0.4, 0.5) is 18.9 Å². The molecule has 1 amide bonds. The lowest BCUT2D eigenvalue weighted by Crippen LogP contribution is -2.23. The molecule has 1 aromatic carbocycles. The number of amides is 1. The van der Waals surface area contributed by atoms with Crippen LogP contribution >= 0.6 is 11.8 Å². The number of hydrogen-bond donors (Lipinski definition) is 1. The highest BCUT2D eigenvalue weighted by molar-refractivity contribution is 8.00. The Kier molecular flexibility index (Phi) is 4.46. The molecule has 0 aliphatic rings. The van der Waals surface area contributed by atoms with E-state index >= 15 is 0 Å². The van der Waals surface area contributed by atoms with Gasteiger partial charge < -0.3 is 5.32 Å². The number of anilines is 1. The first-order valence-electron chi connectivity index (χ1n) is 5.73. The van der Waals surface area contributed by atoms with Gasteiger partial charge in [-0.25, -0.2) is 17.9 Å². The average Bonchev–Trinajstić information content (AvgIpc) is 2.85. The maximum Gasteiger partial charge on any atom is 0.237 e. The highest BCUT2D eigenvalue weighted by Crippen LogP contribution is 2.23. The number of aromatic nitrogens is 4. The monoisotopic (exact) mass is 317 g/mol. The number of nitrogens with one attached hydrogen (secondary N) is 1. The van der Waals surface area contributed by atoms with E-state index in [9.17, 15) is 18.0 Å². The SMILES string of the molecule is C[C@@H](Sc1nnnn1C)C(=O)Nc1ccc(F)c(F)c1F. The van der Waals surface area contributed by atoms with Crippen LogP contribution in [0.3, 0.4) is 0 Å². The molecule has 0 saturated heterocycles. The normalized spacial score (nSPS) is 12.2. The first kappa shape index (κ1) is 15.3. The summed E-state index contributed by atoms with van der Waals surface area (Å²) in [6, 6.07) is 1.69. The zero-order chi connectivity index (χ0) is 15.6. The third-order valence-corrected chi connectivity index (χ3v) is 3.65. The highest BCUT2D eigenvalue weighted by Gasteiger charge is 2.20. The maximum absolute atomic E-state index is 13.5. The molecule has 0 spiro atoms. The Morgan fingerprint density at radius 3 is 2.67 bits per heavy atom. The van der Waals surface area contributed by atoms with Crippen molar-refractivity contribution in [1.82, 2.24) is 20.2 Å². The molecule has 1 N–H and O–H groups in total. The second-order valence-electron chi connectivity index (χ2n) is 4.06. The molecule has 0 saturated carbocycles. The van der Waals surface area contributed by atoms with Crippen LogP contribution in [0.5, 0.6) is 0 Å². The summed E-state index contributed by atoms with van der Waals surface area (Å²) in [7, 11) is 1.60. The van der Waals surface area contributed by atoms with Gasteiger partial charge in [-0.15, -0.1) is 5.10 Å². The van der Waals surface area contributed by atoms with E-state index in [-0.39, 0.29) is 0 Å². The number of carbonyl (C=O) groups excluding carboxylic acids is 1. The van der Waals surface area contributed by atoms with Gasteiger partial charge >= 0.3 is 0 Å². The van der Waals surface area contributed by atoms with Gasteiger partial charge in [0.05, 0.1) is 10.9 Å². The number of carbonyl (C=O) groups is 1. The van der Waals surface area contributed by atoms with Crippen LogP contribution < -0.4 is 5.32 Å². The zero-order valence-electron chi connectivity index (χ0n) is 11.0. The van der Waals surface area contributed by atoms with Crippen molar-refractivity contribution in [3.63, 3.8) is 0 Å². The molecule has 0 bridgehead atoms. The number of nitrogens with zero attached hydrogens (tertiary/aromatic N) is 4. The van der Waals surface area contributed by atoms with Crippen molar-refractivity contribution in [2.45, 2.75) is 17.3 Å². The van der Waals surface area contributed by atoms with Crippen LogP contribution in [0.25, 0.3) is 0 Å². The maximum atomic E-state index is 13.5. The molecule has 1 heterocycles. The van der Waals surface area contributed by atoms with E-state index < -0.39 is 34.3 Å². The molecule has 2 aromatic rings. The molecule has 21 heavy (non-hydrogen) atoms. The molecule has 0 aliphatic carbocycles. The Hall–Kier alpha value is -2.10. The van der Waals surface area contributed by atoms with Gasteiger partial charge in [0.25, 0.3) is 0 Å². The number of halogens is 3. The molecule has 1 atom stereocenters. The first-order valence-corrected chi connectivity index (χ1v) is 6.61. The van der Waals surface area contributed by atoms with Crippen molar-refractivity contribution in [2.24, 2.45) is 7.05 Å². The number of aryl methyl sites for hydroxylation is 1. The average molecular weight is 317 g/mol. The molecule has 1 aromatic heterocycles. The Morgan fingerprint density at radius 2 is 2.05 bits per heavy atom. The fourth-order valence-electron chi connectivity index (χ4n) is 1.39. The molecule has 10 heteroatoms. The van der Waals surface area contributed by atoms with Crippen LogP contribution in [0, 0.1) is 17.5 Å². The summed E-state index contributed by atoms with van der Waals surface area (Å²) in [5.74, 6) is -4.99. The van der Waals surface area contributed by atoms with Crippen LogP contribution in [-0.2, 0) is 11.8 Å². The van der Waals surface area contributed by atoms with Gasteiger partial charge in [-0.1, -0.05) is 11.8 Å². The quantitative estimate of drug-likeness (QED) is 0.687. The molecule has 2 rings (SSSR count). The second kappa shape index (κ2) is 6.12. The molecular formula is C11H10F3N5OS. The number of tetrazole rings is 1. The van der Waals surface area contributed by atoms with Gasteiger partial charge in [0, 0.05) is 7.05 Å². The van der Waals surface area contributed by atoms with E-state index in [4.69, 9.17) is 0 Å². The Bertz CT molecular complexity index is 678. The van der Waals surface area contributed by atoms with E-state index in [2.05, 4.69) is 20.8 Å². The lowest BCUT2D eigenvalue weighted by atomic mass is 10.2. The van der Waals surface area contributed by atoms with Gasteiger partial charge in [0.2, 0.25) is 11.1 Å². The molecule has 0 aliphatic heterocycles. The van der Waals surface area contributed by atoms with E-state index in [1.165, 1.54) is 4.68 Å². The first-order chi connectivity index (χ1) is 9.90. The van der Waals surface area contributed by atoms with E-state index in [1.54, 1.807) is 14.0 Å². The summed E-state index contributed by atoms with van der Waals surface area (Å²) in [6.07, 6.45) is 0. The minimum Gasteiger partial charge on any atom is -0.323 e. The van der Waals surface area contributed by atoms with Crippen LogP contribution in [0.2, 0.25) is 0 Å². The van der Waals surface area contributed by atoms with Crippen LogP contribution in [-0.4, -0.2) is 31.4 Å².